The number of ether oxygens (including phenoxy) is 2. The SMILES string of the molecule is CCOCCOC(=O)C1=C(C)NC2=C(C(=O)C[C@H](c3ccccc3)C2)[C@@H]1c1cccc(F)c1. The van der Waals surface area contributed by atoms with Gasteiger partial charge in [-0.2, -0.15) is 0 Å². The topological polar surface area (TPSA) is 64.6 Å². The lowest BCUT2D eigenvalue weighted by Crippen LogP contribution is -2.36. The molecule has 6 heteroatoms. The van der Waals surface area contributed by atoms with Crippen molar-refractivity contribution in [3.05, 3.63) is 94.1 Å². The standard InChI is InChI=1S/C27H28FNO4/c1-3-32-12-13-33-27(31)24-17(2)29-22-15-20(18-8-5-4-6-9-18)16-23(30)26(22)25(24)19-10-7-11-21(28)14-19/h4-11,14,20,25,29H,3,12-13,15-16H2,1-2H3/t20-,25-/m1/s1. The molecule has 2 aromatic rings. The molecule has 1 N–H and O–H groups in total. The Bertz CT molecular complexity index is 1110. The van der Waals surface area contributed by atoms with Crippen molar-refractivity contribution in [1.29, 1.82) is 0 Å². The molecular formula is C27H28FNO4. The van der Waals surface area contributed by atoms with E-state index in [9.17, 15) is 14.0 Å². The van der Waals surface area contributed by atoms with E-state index in [1.54, 1.807) is 19.1 Å². The number of carbonyl (C=O) groups is 2. The van der Waals surface area contributed by atoms with Crippen molar-refractivity contribution >= 4 is 11.8 Å². The molecule has 4 rings (SSSR count). The van der Waals surface area contributed by atoms with Gasteiger partial charge in [0.15, 0.2) is 5.78 Å². The number of allylic oxidation sites excluding steroid dienone is 3. The van der Waals surface area contributed by atoms with Crippen molar-refractivity contribution in [2.75, 3.05) is 19.8 Å². The van der Waals surface area contributed by atoms with Crippen LogP contribution in [0.25, 0.3) is 0 Å². The Labute approximate surface area is 193 Å². The van der Waals surface area contributed by atoms with E-state index in [-0.39, 0.29) is 24.9 Å². The minimum absolute atomic E-state index is 0.0426. The predicted octanol–water partition coefficient (Wildman–Crippen LogP) is 4.77. The van der Waals surface area contributed by atoms with Gasteiger partial charge >= 0.3 is 5.97 Å². The first-order valence-corrected chi connectivity index (χ1v) is 11.3. The highest BCUT2D eigenvalue weighted by Gasteiger charge is 2.41. The van der Waals surface area contributed by atoms with Crippen molar-refractivity contribution in [1.82, 2.24) is 5.32 Å². The molecule has 0 bridgehead atoms. The Morgan fingerprint density at radius 3 is 2.55 bits per heavy atom. The van der Waals surface area contributed by atoms with E-state index in [1.165, 1.54) is 12.1 Å². The second kappa shape index (κ2) is 10.1. The summed E-state index contributed by atoms with van der Waals surface area (Å²) in [6, 6.07) is 16.0. The van der Waals surface area contributed by atoms with Crippen LogP contribution in [-0.2, 0) is 19.1 Å². The van der Waals surface area contributed by atoms with E-state index in [1.807, 2.05) is 37.3 Å². The fourth-order valence-corrected chi connectivity index (χ4v) is 4.71. The molecule has 0 spiro atoms. The number of benzene rings is 2. The first-order valence-electron chi connectivity index (χ1n) is 11.3. The number of carbonyl (C=O) groups excluding carboxylic acids is 2. The molecule has 1 aliphatic heterocycles. The van der Waals surface area contributed by atoms with Gasteiger partial charge in [-0.05, 0) is 49.4 Å². The minimum Gasteiger partial charge on any atom is -0.460 e. The molecule has 2 aromatic carbocycles. The summed E-state index contributed by atoms with van der Waals surface area (Å²) in [5.74, 6) is -1.62. The summed E-state index contributed by atoms with van der Waals surface area (Å²) in [6.07, 6.45) is 0.975. The molecule has 5 nitrogen and oxygen atoms in total. The zero-order valence-electron chi connectivity index (χ0n) is 18.9. The third-order valence-electron chi connectivity index (χ3n) is 6.17. The van der Waals surface area contributed by atoms with Crippen molar-refractivity contribution in [2.24, 2.45) is 0 Å². The van der Waals surface area contributed by atoms with Gasteiger partial charge < -0.3 is 14.8 Å². The van der Waals surface area contributed by atoms with Gasteiger partial charge in [0, 0.05) is 35.9 Å². The van der Waals surface area contributed by atoms with Crippen molar-refractivity contribution < 1.29 is 23.5 Å². The number of halogens is 1. The maximum absolute atomic E-state index is 14.2. The van der Waals surface area contributed by atoms with Crippen LogP contribution in [0.1, 0.15) is 49.7 Å². The Balaban J connectivity index is 1.72. The average Bonchev–Trinajstić information content (AvgIpc) is 2.81. The van der Waals surface area contributed by atoms with Gasteiger partial charge in [-0.1, -0.05) is 42.5 Å². The number of dihydropyridines is 1. The first kappa shape index (κ1) is 22.9. The average molecular weight is 450 g/mol. The van der Waals surface area contributed by atoms with E-state index in [0.29, 0.717) is 41.9 Å². The second-order valence-corrected chi connectivity index (χ2v) is 8.32. The lowest BCUT2D eigenvalue weighted by Gasteiger charge is -2.36. The van der Waals surface area contributed by atoms with Crippen LogP contribution in [-0.4, -0.2) is 31.6 Å². The second-order valence-electron chi connectivity index (χ2n) is 8.32. The normalized spacial score (nSPS) is 20.4. The molecule has 1 heterocycles. The van der Waals surface area contributed by atoms with E-state index in [4.69, 9.17) is 9.47 Å². The number of hydrogen-bond donors (Lipinski definition) is 1. The minimum atomic E-state index is -0.680. The summed E-state index contributed by atoms with van der Waals surface area (Å²) in [7, 11) is 0. The summed E-state index contributed by atoms with van der Waals surface area (Å²) in [6.45, 7) is 4.59. The number of nitrogens with one attached hydrogen (secondary N) is 1. The molecule has 0 aromatic heterocycles. The third kappa shape index (κ3) is 4.91. The van der Waals surface area contributed by atoms with Gasteiger partial charge in [0.05, 0.1) is 12.2 Å². The highest BCUT2D eigenvalue weighted by molar-refractivity contribution is 6.04. The number of hydrogen-bond acceptors (Lipinski definition) is 5. The van der Waals surface area contributed by atoms with Crippen molar-refractivity contribution in [3.8, 4) is 0 Å². The Morgan fingerprint density at radius 1 is 1.06 bits per heavy atom. The zero-order valence-corrected chi connectivity index (χ0v) is 18.9. The van der Waals surface area contributed by atoms with Crippen LogP contribution in [0.2, 0.25) is 0 Å². The Morgan fingerprint density at radius 2 is 1.82 bits per heavy atom. The highest BCUT2D eigenvalue weighted by atomic mass is 19.1. The lowest BCUT2D eigenvalue weighted by atomic mass is 9.71. The molecule has 0 unspecified atom stereocenters. The van der Waals surface area contributed by atoms with E-state index in [0.717, 1.165) is 11.3 Å². The number of ketones is 1. The Kier molecular flexibility index (Phi) is 7.04. The van der Waals surface area contributed by atoms with Crippen LogP contribution < -0.4 is 5.32 Å². The summed E-state index contributed by atoms with van der Waals surface area (Å²) < 4.78 is 24.9. The largest absolute Gasteiger partial charge is 0.460 e. The molecule has 2 aliphatic rings. The third-order valence-corrected chi connectivity index (χ3v) is 6.17. The summed E-state index contributed by atoms with van der Waals surface area (Å²) in [5.41, 5.74) is 3.93. The van der Waals surface area contributed by atoms with Gasteiger partial charge in [-0.3, -0.25) is 4.79 Å². The van der Waals surface area contributed by atoms with Crippen LogP contribution in [0.5, 0.6) is 0 Å². The van der Waals surface area contributed by atoms with E-state index >= 15 is 0 Å². The van der Waals surface area contributed by atoms with Crippen LogP contribution >= 0.6 is 0 Å². The van der Waals surface area contributed by atoms with Crippen LogP contribution in [0, 0.1) is 5.82 Å². The first-order chi connectivity index (χ1) is 16.0. The molecule has 2 atom stereocenters. The Hall–Kier alpha value is -3.25. The predicted molar refractivity (Wildman–Crippen MR) is 123 cm³/mol. The van der Waals surface area contributed by atoms with Gasteiger partial charge in [-0.25, -0.2) is 9.18 Å². The van der Waals surface area contributed by atoms with E-state index < -0.39 is 17.7 Å². The molecular weight excluding hydrogens is 421 g/mol. The van der Waals surface area contributed by atoms with E-state index in [2.05, 4.69) is 5.32 Å². The molecule has 172 valence electrons. The molecule has 1 aliphatic carbocycles. The van der Waals surface area contributed by atoms with Gasteiger partial charge in [-0.15, -0.1) is 0 Å². The monoisotopic (exact) mass is 449 g/mol. The summed E-state index contributed by atoms with van der Waals surface area (Å²) >= 11 is 0. The molecule has 0 saturated carbocycles. The summed E-state index contributed by atoms with van der Waals surface area (Å²) in [4.78, 5) is 26.6. The fourth-order valence-electron chi connectivity index (χ4n) is 4.71. The van der Waals surface area contributed by atoms with Crippen LogP contribution in [0.4, 0.5) is 4.39 Å². The molecule has 0 saturated heterocycles. The molecule has 33 heavy (non-hydrogen) atoms. The molecule has 0 fully saturated rings. The van der Waals surface area contributed by atoms with Gasteiger partial charge in [0.25, 0.3) is 0 Å². The molecule has 0 radical (unpaired) electrons. The van der Waals surface area contributed by atoms with Crippen molar-refractivity contribution in [2.45, 2.75) is 38.5 Å². The zero-order chi connectivity index (χ0) is 23.4. The highest BCUT2D eigenvalue weighted by Crippen LogP contribution is 2.45. The van der Waals surface area contributed by atoms with Crippen molar-refractivity contribution in [3.63, 3.8) is 0 Å². The number of esters is 1. The smallest absolute Gasteiger partial charge is 0.336 e. The van der Waals surface area contributed by atoms with Crippen LogP contribution in [0.3, 0.4) is 0 Å². The van der Waals surface area contributed by atoms with Gasteiger partial charge in [0.1, 0.15) is 12.4 Å². The maximum atomic E-state index is 14.2. The summed E-state index contributed by atoms with van der Waals surface area (Å²) in [5, 5.41) is 3.31. The maximum Gasteiger partial charge on any atom is 0.336 e. The van der Waals surface area contributed by atoms with Crippen LogP contribution in [0.15, 0.2) is 77.1 Å². The number of rotatable bonds is 7. The molecule has 0 amide bonds. The fraction of sp³-hybridized carbons (Fsp3) is 0.333. The lowest BCUT2D eigenvalue weighted by molar-refractivity contribution is -0.140. The quantitative estimate of drug-likeness (QED) is 0.487. The number of Topliss-reactive ketones (excluding diaryl/α,β-unsaturated/α-hetero) is 1. The van der Waals surface area contributed by atoms with Gasteiger partial charge in [0.2, 0.25) is 0 Å².